The summed E-state index contributed by atoms with van der Waals surface area (Å²) in [6.45, 7) is 5.36. The van der Waals surface area contributed by atoms with Crippen molar-refractivity contribution in [2.75, 3.05) is 19.8 Å². The summed E-state index contributed by atoms with van der Waals surface area (Å²) < 4.78 is 5.77. The molecule has 0 saturated carbocycles. The summed E-state index contributed by atoms with van der Waals surface area (Å²) in [6.07, 6.45) is 42.3. The summed E-state index contributed by atoms with van der Waals surface area (Å²) >= 11 is 0. The van der Waals surface area contributed by atoms with E-state index in [1.807, 2.05) is 0 Å². The third kappa shape index (κ3) is 32.1. The topological polar surface area (TPSA) is 49.7 Å². The van der Waals surface area contributed by atoms with Crippen molar-refractivity contribution >= 4 is 0 Å². The predicted octanol–water partition coefficient (Wildman–Crippen LogP) is 11.5. The lowest BCUT2D eigenvalue weighted by Crippen LogP contribution is -2.22. The number of allylic oxidation sites excluding steroid dienone is 2. The standard InChI is InChI=1S/C37H74O3/c1-3-5-7-9-11-13-15-17-19-21-23-25-27-29-31-36(34-40-35-37(39)33-38)32-30-28-26-24-22-20-18-16-14-12-10-8-6-4-2/h17,19,36-39H,3-16,18,20-35H2,1-2H3/b19-17-. The van der Waals surface area contributed by atoms with Crippen LogP contribution in [0.1, 0.15) is 194 Å². The van der Waals surface area contributed by atoms with E-state index in [4.69, 9.17) is 9.84 Å². The molecule has 0 rings (SSSR count). The second kappa shape index (κ2) is 34.8. The lowest BCUT2D eigenvalue weighted by molar-refractivity contribution is -0.00677. The summed E-state index contributed by atoms with van der Waals surface area (Å²) in [5.41, 5.74) is 0. The van der Waals surface area contributed by atoms with Crippen molar-refractivity contribution in [3.05, 3.63) is 12.2 Å². The SMILES string of the molecule is CCCCCCCC/C=C\CCCCCCC(CCCCCCCCCCCCCCCC)COCC(O)CO. The Morgan fingerprint density at radius 1 is 0.475 bits per heavy atom. The number of unbranched alkanes of at least 4 members (excludes halogenated alkanes) is 23. The molecule has 3 heteroatoms. The highest BCUT2D eigenvalue weighted by Gasteiger charge is 2.11. The molecular weight excluding hydrogens is 492 g/mol. The van der Waals surface area contributed by atoms with Crippen LogP contribution in [0, 0.1) is 5.92 Å². The maximum Gasteiger partial charge on any atom is 0.100 e. The van der Waals surface area contributed by atoms with Crippen LogP contribution in [0.3, 0.4) is 0 Å². The van der Waals surface area contributed by atoms with Gasteiger partial charge in [0.2, 0.25) is 0 Å². The van der Waals surface area contributed by atoms with Crippen LogP contribution < -0.4 is 0 Å². The molecule has 0 aliphatic heterocycles. The van der Waals surface area contributed by atoms with Crippen molar-refractivity contribution in [3.8, 4) is 0 Å². The van der Waals surface area contributed by atoms with Gasteiger partial charge in [-0.1, -0.05) is 167 Å². The molecular formula is C37H74O3. The van der Waals surface area contributed by atoms with Gasteiger partial charge in [-0.05, 0) is 44.4 Å². The zero-order valence-electron chi connectivity index (χ0n) is 27.5. The lowest BCUT2D eigenvalue weighted by atomic mass is 9.94. The Morgan fingerprint density at radius 3 is 1.20 bits per heavy atom. The molecule has 40 heavy (non-hydrogen) atoms. The fourth-order valence-corrected chi connectivity index (χ4v) is 5.69. The molecule has 240 valence electrons. The van der Waals surface area contributed by atoms with E-state index in [0.717, 1.165) is 6.61 Å². The summed E-state index contributed by atoms with van der Waals surface area (Å²) in [5, 5.41) is 18.7. The van der Waals surface area contributed by atoms with Crippen LogP contribution in [-0.4, -0.2) is 36.1 Å². The first-order valence-corrected chi connectivity index (χ1v) is 18.3. The largest absolute Gasteiger partial charge is 0.394 e. The van der Waals surface area contributed by atoms with E-state index in [2.05, 4.69) is 26.0 Å². The normalized spacial score (nSPS) is 13.4. The zero-order chi connectivity index (χ0) is 29.2. The van der Waals surface area contributed by atoms with E-state index in [1.54, 1.807) is 0 Å². The van der Waals surface area contributed by atoms with Crippen LogP contribution in [0.2, 0.25) is 0 Å². The third-order valence-electron chi connectivity index (χ3n) is 8.46. The first-order valence-electron chi connectivity index (χ1n) is 18.3. The maximum absolute atomic E-state index is 9.61. The van der Waals surface area contributed by atoms with Gasteiger partial charge in [-0.3, -0.25) is 0 Å². The van der Waals surface area contributed by atoms with Gasteiger partial charge in [-0.25, -0.2) is 0 Å². The maximum atomic E-state index is 9.61. The minimum absolute atomic E-state index is 0.211. The van der Waals surface area contributed by atoms with Crippen molar-refractivity contribution in [2.24, 2.45) is 5.92 Å². The molecule has 0 spiro atoms. The monoisotopic (exact) mass is 567 g/mol. The number of hydrogen-bond acceptors (Lipinski definition) is 3. The van der Waals surface area contributed by atoms with Crippen LogP contribution in [0.25, 0.3) is 0 Å². The fraction of sp³-hybridized carbons (Fsp3) is 0.946. The first kappa shape index (κ1) is 39.6. The molecule has 2 atom stereocenters. The Hall–Kier alpha value is -0.380. The van der Waals surface area contributed by atoms with Crippen LogP contribution >= 0.6 is 0 Å². The summed E-state index contributed by atoms with van der Waals surface area (Å²) in [7, 11) is 0. The van der Waals surface area contributed by atoms with Gasteiger partial charge in [0, 0.05) is 6.61 Å². The van der Waals surface area contributed by atoms with Gasteiger partial charge in [-0.15, -0.1) is 0 Å². The van der Waals surface area contributed by atoms with Gasteiger partial charge < -0.3 is 14.9 Å². The molecule has 0 radical (unpaired) electrons. The summed E-state index contributed by atoms with van der Waals surface area (Å²) in [5.74, 6) is 0.598. The molecule has 0 aromatic carbocycles. The molecule has 0 aromatic heterocycles. The zero-order valence-corrected chi connectivity index (χ0v) is 27.5. The van der Waals surface area contributed by atoms with E-state index in [1.165, 1.54) is 180 Å². The first-order chi connectivity index (χ1) is 19.7. The van der Waals surface area contributed by atoms with Crippen LogP contribution in [0.5, 0.6) is 0 Å². The van der Waals surface area contributed by atoms with E-state index >= 15 is 0 Å². The average Bonchev–Trinajstić information content (AvgIpc) is 2.96. The third-order valence-corrected chi connectivity index (χ3v) is 8.46. The lowest BCUT2D eigenvalue weighted by Gasteiger charge is -2.18. The number of aliphatic hydroxyl groups excluding tert-OH is 2. The molecule has 0 amide bonds. The summed E-state index contributed by atoms with van der Waals surface area (Å²) in [6, 6.07) is 0. The Morgan fingerprint density at radius 2 is 0.825 bits per heavy atom. The predicted molar refractivity (Wildman–Crippen MR) is 177 cm³/mol. The van der Waals surface area contributed by atoms with E-state index in [0.29, 0.717) is 5.92 Å². The Balaban J connectivity index is 3.78. The second-order valence-electron chi connectivity index (χ2n) is 12.6. The van der Waals surface area contributed by atoms with Crippen molar-refractivity contribution in [3.63, 3.8) is 0 Å². The van der Waals surface area contributed by atoms with Crippen molar-refractivity contribution in [1.29, 1.82) is 0 Å². The van der Waals surface area contributed by atoms with Crippen LogP contribution in [0.15, 0.2) is 12.2 Å². The molecule has 0 aliphatic carbocycles. The molecule has 0 bridgehead atoms. The molecule has 0 heterocycles. The second-order valence-corrected chi connectivity index (χ2v) is 12.6. The molecule has 0 saturated heterocycles. The molecule has 3 nitrogen and oxygen atoms in total. The van der Waals surface area contributed by atoms with Crippen molar-refractivity contribution < 1.29 is 14.9 Å². The van der Waals surface area contributed by atoms with Gasteiger partial charge in [-0.2, -0.15) is 0 Å². The molecule has 0 aliphatic rings. The number of rotatable bonds is 34. The smallest absolute Gasteiger partial charge is 0.100 e. The van der Waals surface area contributed by atoms with E-state index in [-0.39, 0.29) is 13.2 Å². The fourth-order valence-electron chi connectivity index (χ4n) is 5.69. The van der Waals surface area contributed by atoms with Crippen molar-refractivity contribution in [1.82, 2.24) is 0 Å². The van der Waals surface area contributed by atoms with Crippen LogP contribution in [-0.2, 0) is 4.74 Å². The molecule has 0 aromatic rings. The quantitative estimate of drug-likeness (QED) is 0.0601. The van der Waals surface area contributed by atoms with E-state index in [9.17, 15) is 5.11 Å². The number of aliphatic hydroxyl groups is 2. The molecule has 0 fully saturated rings. The van der Waals surface area contributed by atoms with Crippen molar-refractivity contribution in [2.45, 2.75) is 200 Å². The molecule has 2 unspecified atom stereocenters. The summed E-state index contributed by atoms with van der Waals surface area (Å²) in [4.78, 5) is 0. The molecule has 2 N–H and O–H groups in total. The highest BCUT2D eigenvalue weighted by Crippen LogP contribution is 2.20. The van der Waals surface area contributed by atoms with Gasteiger partial charge in [0.25, 0.3) is 0 Å². The van der Waals surface area contributed by atoms with Gasteiger partial charge >= 0.3 is 0 Å². The van der Waals surface area contributed by atoms with Crippen LogP contribution in [0.4, 0.5) is 0 Å². The Bertz CT molecular complexity index is 478. The number of ether oxygens (including phenoxy) is 1. The minimum Gasteiger partial charge on any atom is -0.394 e. The minimum atomic E-state index is -0.740. The van der Waals surface area contributed by atoms with Gasteiger partial charge in [0.1, 0.15) is 6.10 Å². The Labute approximate surface area is 252 Å². The highest BCUT2D eigenvalue weighted by atomic mass is 16.5. The average molecular weight is 567 g/mol. The van der Waals surface area contributed by atoms with Gasteiger partial charge in [0.05, 0.1) is 13.2 Å². The van der Waals surface area contributed by atoms with E-state index < -0.39 is 6.10 Å². The highest BCUT2D eigenvalue weighted by molar-refractivity contribution is 4.81. The number of hydrogen-bond donors (Lipinski definition) is 2. The van der Waals surface area contributed by atoms with Gasteiger partial charge in [0.15, 0.2) is 0 Å². The Kier molecular flexibility index (Phi) is 34.5.